The highest BCUT2D eigenvalue weighted by molar-refractivity contribution is 7.99. The fraction of sp³-hybridized carbons (Fsp3) is 0.250. The van der Waals surface area contributed by atoms with Gasteiger partial charge in [0.2, 0.25) is 0 Å². The van der Waals surface area contributed by atoms with Crippen molar-refractivity contribution in [2.75, 3.05) is 5.32 Å². The maximum absolute atomic E-state index is 12.7. The van der Waals surface area contributed by atoms with E-state index in [9.17, 15) is 4.79 Å². The van der Waals surface area contributed by atoms with Gasteiger partial charge in [0.05, 0.1) is 5.69 Å². The molecule has 28 heavy (non-hydrogen) atoms. The Labute approximate surface area is 171 Å². The average Bonchev–Trinajstić information content (AvgIpc) is 2.72. The molecule has 4 heteroatoms. The number of carbonyl (C=O) groups excluding carboxylic acids is 1. The van der Waals surface area contributed by atoms with Crippen molar-refractivity contribution in [2.24, 2.45) is 0 Å². The number of aromatic nitrogens is 1. The summed E-state index contributed by atoms with van der Waals surface area (Å²) in [5.74, 6) is -0.112. The molecule has 0 bridgehead atoms. The van der Waals surface area contributed by atoms with Crippen LogP contribution in [0.5, 0.6) is 0 Å². The van der Waals surface area contributed by atoms with Gasteiger partial charge in [-0.3, -0.25) is 4.79 Å². The average molecular weight is 391 g/mol. The summed E-state index contributed by atoms with van der Waals surface area (Å²) in [6.07, 6.45) is 6.46. The largest absolute Gasteiger partial charge is 0.320 e. The molecule has 0 aliphatic rings. The molecule has 0 saturated carbocycles. The molecule has 0 spiro atoms. The summed E-state index contributed by atoms with van der Waals surface area (Å²) in [5, 5.41) is 3.80. The van der Waals surface area contributed by atoms with E-state index in [2.05, 4.69) is 60.5 Å². The molecule has 0 aliphatic carbocycles. The Morgan fingerprint density at radius 2 is 1.75 bits per heavy atom. The molecule has 1 N–H and O–H groups in total. The van der Waals surface area contributed by atoms with Gasteiger partial charge >= 0.3 is 0 Å². The standard InChI is InChI=1S/C24H26N2OS/c1-3-4-5-7-19-11-13-20(14-12-19)23(27)26-22-8-6-17-25-24(22)28-21-15-9-18(2)10-16-21/h6,8-17H,3-5,7H2,1-2H3,(H,26,27). The Morgan fingerprint density at radius 3 is 2.46 bits per heavy atom. The predicted molar refractivity (Wildman–Crippen MR) is 117 cm³/mol. The van der Waals surface area contributed by atoms with Crippen LogP contribution >= 0.6 is 11.8 Å². The Bertz CT molecular complexity index is 905. The molecule has 144 valence electrons. The van der Waals surface area contributed by atoms with E-state index in [1.54, 1.807) is 18.0 Å². The fourth-order valence-electron chi connectivity index (χ4n) is 2.88. The number of nitrogens with one attached hydrogen (secondary N) is 1. The molecule has 3 aromatic rings. The number of hydrogen-bond acceptors (Lipinski definition) is 3. The summed E-state index contributed by atoms with van der Waals surface area (Å²) in [6.45, 7) is 4.27. The summed E-state index contributed by atoms with van der Waals surface area (Å²) < 4.78 is 0. The van der Waals surface area contributed by atoms with Gasteiger partial charge in [-0.05, 0) is 61.7 Å². The number of amides is 1. The number of anilines is 1. The number of hydrogen-bond donors (Lipinski definition) is 1. The number of aryl methyl sites for hydroxylation is 2. The molecule has 0 saturated heterocycles. The molecule has 2 aromatic carbocycles. The van der Waals surface area contributed by atoms with Crippen LogP contribution in [0.25, 0.3) is 0 Å². The van der Waals surface area contributed by atoms with E-state index in [1.807, 2.05) is 24.3 Å². The van der Waals surface area contributed by atoms with Crippen LogP contribution < -0.4 is 5.32 Å². The van der Waals surface area contributed by atoms with Gasteiger partial charge in [-0.2, -0.15) is 0 Å². The molecule has 1 heterocycles. The van der Waals surface area contributed by atoms with Crippen LogP contribution in [0.15, 0.2) is 76.8 Å². The lowest BCUT2D eigenvalue weighted by Crippen LogP contribution is -2.12. The van der Waals surface area contributed by atoms with Crippen molar-refractivity contribution in [1.29, 1.82) is 0 Å². The SMILES string of the molecule is CCCCCc1ccc(C(=O)Nc2cccnc2Sc2ccc(C)cc2)cc1. The molecule has 1 amide bonds. The number of benzene rings is 2. The van der Waals surface area contributed by atoms with Crippen molar-refractivity contribution in [3.63, 3.8) is 0 Å². The van der Waals surface area contributed by atoms with Gasteiger partial charge in [-0.15, -0.1) is 0 Å². The van der Waals surface area contributed by atoms with Gasteiger partial charge in [-0.1, -0.05) is 61.4 Å². The van der Waals surface area contributed by atoms with Gasteiger partial charge in [0.15, 0.2) is 0 Å². The van der Waals surface area contributed by atoms with Gasteiger partial charge in [0, 0.05) is 16.7 Å². The molecule has 1 aromatic heterocycles. The van der Waals surface area contributed by atoms with Crippen molar-refractivity contribution < 1.29 is 4.79 Å². The first kappa shape index (κ1) is 20.2. The van der Waals surface area contributed by atoms with Crippen molar-refractivity contribution >= 4 is 23.4 Å². The number of carbonyl (C=O) groups is 1. The molecule has 3 rings (SSSR count). The maximum Gasteiger partial charge on any atom is 0.255 e. The van der Waals surface area contributed by atoms with E-state index < -0.39 is 0 Å². The minimum absolute atomic E-state index is 0.112. The molecule has 0 atom stereocenters. The highest BCUT2D eigenvalue weighted by Gasteiger charge is 2.11. The number of unbranched alkanes of at least 4 members (excludes halogenated alkanes) is 2. The third kappa shape index (κ3) is 5.70. The maximum atomic E-state index is 12.7. The zero-order chi connectivity index (χ0) is 19.8. The monoisotopic (exact) mass is 390 g/mol. The highest BCUT2D eigenvalue weighted by Crippen LogP contribution is 2.31. The Hall–Kier alpha value is -2.59. The second-order valence-corrected chi connectivity index (χ2v) is 7.94. The van der Waals surface area contributed by atoms with Gasteiger partial charge in [0.25, 0.3) is 5.91 Å². The topological polar surface area (TPSA) is 42.0 Å². The number of pyridine rings is 1. The van der Waals surface area contributed by atoms with Gasteiger partial charge in [-0.25, -0.2) is 4.98 Å². The van der Waals surface area contributed by atoms with Crippen LogP contribution in [-0.2, 0) is 6.42 Å². The van der Waals surface area contributed by atoms with Crippen LogP contribution in [0.3, 0.4) is 0 Å². The van der Waals surface area contributed by atoms with Crippen LogP contribution in [0, 0.1) is 6.92 Å². The molecule has 0 fully saturated rings. The van der Waals surface area contributed by atoms with E-state index in [1.165, 1.54) is 30.4 Å². The zero-order valence-corrected chi connectivity index (χ0v) is 17.3. The summed E-state index contributed by atoms with van der Waals surface area (Å²) in [6, 6.07) is 19.9. The van der Waals surface area contributed by atoms with E-state index in [0.717, 1.165) is 22.0 Å². The second-order valence-electron chi connectivity index (χ2n) is 6.88. The predicted octanol–water partition coefficient (Wildman–Crippen LogP) is 6.53. The molecular formula is C24H26N2OS. The van der Waals surface area contributed by atoms with Crippen LogP contribution in [0.2, 0.25) is 0 Å². The first-order chi connectivity index (χ1) is 13.7. The summed E-state index contributed by atoms with van der Waals surface area (Å²) in [7, 11) is 0. The minimum Gasteiger partial charge on any atom is -0.320 e. The lowest BCUT2D eigenvalue weighted by molar-refractivity contribution is 0.102. The van der Waals surface area contributed by atoms with Crippen LogP contribution in [0.1, 0.15) is 47.7 Å². The van der Waals surface area contributed by atoms with Crippen molar-refractivity contribution in [3.8, 4) is 0 Å². The van der Waals surface area contributed by atoms with E-state index >= 15 is 0 Å². The summed E-state index contributed by atoms with van der Waals surface area (Å²) in [5.41, 5.74) is 3.89. The van der Waals surface area contributed by atoms with E-state index in [-0.39, 0.29) is 5.91 Å². The third-order valence-electron chi connectivity index (χ3n) is 4.54. The molecule has 0 radical (unpaired) electrons. The smallest absolute Gasteiger partial charge is 0.255 e. The number of nitrogens with zero attached hydrogens (tertiary/aromatic N) is 1. The van der Waals surface area contributed by atoms with E-state index in [4.69, 9.17) is 0 Å². The highest BCUT2D eigenvalue weighted by atomic mass is 32.2. The molecular weight excluding hydrogens is 364 g/mol. The minimum atomic E-state index is -0.112. The number of rotatable bonds is 8. The quantitative estimate of drug-likeness (QED) is 0.445. The van der Waals surface area contributed by atoms with Crippen LogP contribution in [-0.4, -0.2) is 10.9 Å². The Balaban J connectivity index is 1.67. The molecule has 0 unspecified atom stereocenters. The summed E-state index contributed by atoms with van der Waals surface area (Å²) >= 11 is 1.55. The van der Waals surface area contributed by atoms with Crippen LogP contribution in [0.4, 0.5) is 5.69 Å². The van der Waals surface area contributed by atoms with Gasteiger partial charge in [0.1, 0.15) is 5.03 Å². The lowest BCUT2D eigenvalue weighted by atomic mass is 10.1. The zero-order valence-electron chi connectivity index (χ0n) is 16.4. The van der Waals surface area contributed by atoms with Crippen molar-refractivity contribution in [3.05, 3.63) is 83.6 Å². The van der Waals surface area contributed by atoms with Crippen molar-refractivity contribution in [1.82, 2.24) is 4.98 Å². The fourth-order valence-corrected chi connectivity index (χ4v) is 3.72. The third-order valence-corrected chi connectivity index (χ3v) is 5.57. The first-order valence-corrected chi connectivity index (χ1v) is 10.6. The Kier molecular flexibility index (Phi) is 7.26. The molecule has 0 aliphatic heterocycles. The lowest BCUT2D eigenvalue weighted by Gasteiger charge is -2.10. The van der Waals surface area contributed by atoms with E-state index in [0.29, 0.717) is 5.56 Å². The molecule has 3 nitrogen and oxygen atoms in total. The Morgan fingerprint density at radius 1 is 1.00 bits per heavy atom. The van der Waals surface area contributed by atoms with Gasteiger partial charge < -0.3 is 5.32 Å². The first-order valence-electron chi connectivity index (χ1n) is 9.75. The van der Waals surface area contributed by atoms with Crippen molar-refractivity contribution in [2.45, 2.75) is 49.5 Å². The second kappa shape index (κ2) is 10.1. The normalized spacial score (nSPS) is 10.6. The summed E-state index contributed by atoms with van der Waals surface area (Å²) in [4.78, 5) is 18.2.